The van der Waals surface area contributed by atoms with Crippen LogP contribution in [0, 0.1) is 0 Å². The van der Waals surface area contributed by atoms with E-state index >= 15 is 0 Å². The van der Waals surface area contributed by atoms with E-state index < -0.39 is 6.09 Å². The van der Waals surface area contributed by atoms with Crippen LogP contribution in [0.3, 0.4) is 0 Å². The normalized spacial score (nSPS) is 15.2. The summed E-state index contributed by atoms with van der Waals surface area (Å²) in [4.78, 5) is 24.5. The summed E-state index contributed by atoms with van der Waals surface area (Å²) in [5.74, 6) is -0.226. The number of hydrogen-bond donors (Lipinski definition) is 1. The average molecular weight is 313 g/mol. The highest BCUT2D eigenvalue weighted by molar-refractivity contribution is 9.10. The second-order valence-electron chi connectivity index (χ2n) is 3.94. The smallest absolute Gasteiger partial charge is 0.410 e. The van der Waals surface area contributed by atoms with E-state index in [9.17, 15) is 9.59 Å². The summed E-state index contributed by atoms with van der Waals surface area (Å²) in [6.45, 7) is 1.02. The summed E-state index contributed by atoms with van der Waals surface area (Å²) in [6, 6.07) is 7.25. The van der Waals surface area contributed by atoms with Gasteiger partial charge in [-0.05, 0) is 30.7 Å². The summed E-state index contributed by atoms with van der Waals surface area (Å²) in [6.07, 6.45) is 0.337. The number of nitrogens with zero attached hydrogens (tertiary/aromatic N) is 1. The van der Waals surface area contributed by atoms with Crippen molar-refractivity contribution in [2.24, 2.45) is 0 Å². The number of halogens is 1. The van der Waals surface area contributed by atoms with Crippen LogP contribution >= 0.6 is 15.9 Å². The fourth-order valence-electron chi connectivity index (χ4n) is 1.65. The number of anilines is 1. The number of hydrogen-bond acceptors (Lipinski definition) is 3. The molecule has 18 heavy (non-hydrogen) atoms. The van der Waals surface area contributed by atoms with Gasteiger partial charge in [0.2, 0.25) is 5.91 Å². The maximum absolute atomic E-state index is 11.7. The first-order valence-corrected chi connectivity index (χ1v) is 6.41. The summed E-state index contributed by atoms with van der Waals surface area (Å²) in [5, 5.41) is 2.73. The Kier molecular flexibility index (Phi) is 4.19. The van der Waals surface area contributed by atoms with Crippen LogP contribution in [0.25, 0.3) is 0 Å². The van der Waals surface area contributed by atoms with Gasteiger partial charge in [0.1, 0.15) is 6.54 Å². The van der Waals surface area contributed by atoms with Crippen LogP contribution in [-0.4, -0.2) is 36.6 Å². The highest BCUT2D eigenvalue weighted by atomic mass is 79.9. The van der Waals surface area contributed by atoms with Gasteiger partial charge in [-0.3, -0.25) is 9.69 Å². The number of amides is 2. The lowest BCUT2D eigenvalue weighted by Gasteiger charge is -2.25. The van der Waals surface area contributed by atoms with Gasteiger partial charge in [-0.1, -0.05) is 15.9 Å². The lowest BCUT2D eigenvalue weighted by molar-refractivity contribution is -0.117. The SMILES string of the molecule is O=C(CN1CCCOC1=O)Nc1ccc(Br)cc1. The number of nitrogens with one attached hydrogen (secondary N) is 1. The van der Waals surface area contributed by atoms with Gasteiger partial charge in [0.15, 0.2) is 0 Å². The predicted molar refractivity (Wildman–Crippen MR) is 70.3 cm³/mol. The molecular formula is C12H13BrN2O3. The van der Waals surface area contributed by atoms with Gasteiger partial charge in [-0.2, -0.15) is 0 Å². The van der Waals surface area contributed by atoms with Crippen LogP contribution in [0.2, 0.25) is 0 Å². The molecule has 0 spiro atoms. The summed E-state index contributed by atoms with van der Waals surface area (Å²) in [5.41, 5.74) is 0.702. The second-order valence-corrected chi connectivity index (χ2v) is 4.86. The first-order valence-electron chi connectivity index (χ1n) is 5.62. The van der Waals surface area contributed by atoms with E-state index in [4.69, 9.17) is 4.74 Å². The molecule has 1 fully saturated rings. The van der Waals surface area contributed by atoms with Crippen molar-refractivity contribution in [1.29, 1.82) is 0 Å². The van der Waals surface area contributed by atoms with Crippen LogP contribution in [0.1, 0.15) is 6.42 Å². The van der Waals surface area contributed by atoms with Crippen LogP contribution in [-0.2, 0) is 9.53 Å². The topological polar surface area (TPSA) is 58.6 Å². The molecule has 1 heterocycles. The fourth-order valence-corrected chi connectivity index (χ4v) is 1.91. The van der Waals surface area contributed by atoms with E-state index in [1.807, 2.05) is 12.1 Å². The van der Waals surface area contributed by atoms with Gasteiger partial charge < -0.3 is 10.1 Å². The van der Waals surface area contributed by atoms with Gasteiger partial charge in [-0.25, -0.2) is 4.79 Å². The third kappa shape index (κ3) is 3.46. The Morgan fingerprint density at radius 1 is 1.39 bits per heavy atom. The quantitative estimate of drug-likeness (QED) is 0.931. The van der Waals surface area contributed by atoms with Gasteiger partial charge in [0.25, 0.3) is 0 Å². The standard InChI is InChI=1S/C12H13BrN2O3/c13-9-2-4-10(5-3-9)14-11(16)8-15-6-1-7-18-12(15)17/h2-5H,1,6-8H2,(H,14,16). The number of carbonyl (C=O) groups is 2. The van der Waals surface area contributed by atoms with E-state index in [1.165, 1.54) is 4.90 Å². The number of rotatable bonds is 3. The van der Waals surface area contributed by atoms with Crippen molar-refractivity contribution in [2.75, 3.05) is 25.0 Å². The molecule has 5 nitrogen and oxygen atoms in total. The first kappa shape index (κ1) is 12.9. The molecule has 1 aromatic rings. The molecular weight excluding hydrogens is 300 g/mol. The number of ether oxygens (including phenoxy) is 1. The van der Waals surface area contributed by atoms with Crippen LogP contribution in [0.4, 0.5) is 10.5 Å². The van der Waals surface area contributed by atoms with Gasteiger partial charge in [-0.15, -0.1) is 0 Å². The van der Waals surface area contributed by atoms with Crippen molar-refractivity contribution >= 4 is 33.6 Å². The Balaban J connectivity index is 1.88. The molecule has 0 aromatic heterocycles. The third-order valence-electron chi connectivity index (χ3n) is 2.52. The molecule has 2 amide bonds. The van der Waals surface area contributed by atoms with E-state index in [2.05, 4.69) is 21.2 Å². The third-order valence-corrected chi connectivity index (χ3v) is 3.05. The fraction of sp³-hybridized carbons (Fsp3) is 0.333. The lowest BCUT2D eigenvalue weighted by atomic mass is 10.3. The van der Waals surface area contributed by atoms with Crippen LogP contribution < -0.4 is 5.32 Å². The molecule has 0 unspecified atom stereocenters. The van der Waals surface area contributed by atoms with Crippen LogP contribution in [0.15, 0.2) is 28.7 Å². The molecule has 1 saturated heterocycles. The Hall–Kier alpha value is -1.56. The zero-order valence-electron chi connectivity index (χ0n) is 9.69. The monoisotopic (exact) mass is 312 g/mol. The molecule has 96 valence electrons. The van der Waals surface area contributed by atoms with Gasteiger partial charge in [0, 0.05) is 16.7 Å². The summed E-state index contributed by atoms with van der Waals surface area (Å²) >= 11 is 3.32. The molecule has 0 bridgehead atoms. The van der Waals surface area contributed by atoms with E-state index in [0.29, 0.717) is 18.8 Å². The van der Waals surface area contributed by atoms with Crippen molar-refractivity contribution in [3.8, 4) is 0 Å². The summed E-state index contributed by atoms with van der Waals surface area (Å²) < 4.78 is 5.80. The lowest BCUT2D eigenvalue weighted by Crippen LogP contribution is -2.42. The van der Waals surface area contributed by atoms with Crippen molar-refractivity contribution in [3.63, 3.8) is 0 Å². The van der Waals surface area contributed by atoms with E-state index in [1.54, 1.807) is 12.1 Å². The highest BCUT2D eigenvalue weighted by Gasteiger charge is 2.21. The Bertz CT molecular complexity index is 447. The minimum atomic E-state index is -0.424. The number of benzene rings is 1. The van der Waals surface area contributed by atoms with Crippen LogP contribution in [0.5, 0.6) is 0 Å². The molecule has 0 aliphatic carbocycles. The molecule has 0 saturated carbocycles. The second kappa shape index (κ2) is 5.86. The van der Waals surface area contributed by atoms with Crippen molar-refractivity contribution in [1.82, 2.24) is 4.90 Å². The minimum absolute atomic E-state index is 0.0227. The number of cyclic esters (lactones) is 1. The zero-order chi connectivity index (χ0) is 13.0. The average Bonchev–Trinajstić information content (AvgIpc) is 2.35. The van der Waals surface area contributed by atoms with Crippen molar-refractivity contribution in [2.45, 2.75) is 6.42 Å². The predicted octanol–water partition coefficient (Wildman–Crippen LogP) is 2.23. The molecule has 1 aliphatic heterocycles. The molecule has 1 aliphatic rings. The minimum Gasteiger partial charge on any atom is -0.449 e. The Morgan fingerprint density at radius 2 is 2.11 bits per heavy atom. The van der Waals surface area contributed by atoms with E-state index in [0.717, 1.165) is 10.9 Å². The van der Waals surface area contributed by atoms with Gasteiger partial charge >= 0.3 is 6.09 Å². The molecule has 2 rings (SSSR count). The zero-order valence-corrected chi connectivity index (χ0v) is 11.3. The maximum Gasteiger partial charge on any atom is 0.410 e. The molecule has 1 aromatic carbocycles. The maximum atomic E-state index is 11.7. The molecule has 1 N–H and O–H groups in total. The Labute approximate surface area is 113 Å². The van der Waals surface area contributed by atoms with Crippen molar-refractivity contribution in [3.05, 3.63) is 28.7 Å². The van der Waals surface area contributed by atoms with Crippen molar-refractivity contribution < 1.29 is 14.3 Å². The number of carbonyl (C=O) groups excluding carboxylic acids is 2. The Morgan fingerprint density at radius 3 is 2.78 bits per heavy atom. The highest BCUT2D eigenvalue weighted by Crippen LogP contribution is 2.14. The summed E-state index contributed by atoms with van der Waals surface area (Å²) in [7, 11) is 0. The van der Waals surface area contributed by atoms with Gasteiger partial charge in [0.05, 0.1) is 6.61 Å². The van der Waals surface area contributed by atoms with E-state index in [-0.39, 0.29) is 12.5 Å². The largest absolute Gasteiger partial charge is 0.449 e. The first-order chi connectivity index (χ1) is 8.65. The molecule has 6 heteroatoms. The molecule has 0 radical (unpaired) electrons. The molecule has 0 atom stereocenters.